The van der Waals surface area contributed by atoms with Crippen molar-refractivity contribution in [2.75, 3.05) is 7.11 Å². The molecule has 1 aromatic heterocycles. The molecule has 4 rings (SSSR count). The van der Waals surface area contributed by atoms with Crippen molar-refractivity contribution in [3.8, 4) is 17.0 Å². The molecule has 0 radical (unpaired) electrons. The number of rotatable bonds is 6. The highest BCUT2D eigenvalue weighted by atomic mass is 16.5. The summed E-state index contributed by atoms with van der Waals surface area (Å²) in [5.41, 5.74) is 4.80. The van der Waals surface area contributed by atoms with Crippen LogP contribution in [0.1, 0.15) is 53.1 Å². The second kappa shape index (κ2) is 8.11. The van der Waals surface area contributed by atoms with Crippen LogP contribution in [0.5, 0.6) is 5.75 Å². The number of imidazole rings is 1. The molecule has 1 amide bonds. The fourth-order valence-electron chi connectivity index (χ4n) is 3.93. The van der Waals surface area contributed by atoms with Crippen molar-refractivity contribution in [1.29, 1.82) is 0 Å². The van der Waals surface area contributed by atoms with Crippen LogP contribution in [0.3, 0.4) is 0 Å². The van der Waals surface area contributed by atoms with Crippen LogP contribution in [0, 0.1) is 6.92 Å². The molecule has 3 aromatic rings. The van der Waals surface area contributed by atoms with E-state index in [-0.39, 0.29) is 11.9 Å². The highest BCUT2D eigenvalue weighted by Crippen LogP contribution is 2.27. The maximum atomic E-state index is 12.8. The Labute approximate surface area is 171 Å². The van der Waals surface area contributed by atoms with Gasteiger partial charge in [-0.1, -0.05) is 31.2 Å². The molecule has 29 heavy (non-hydrogen) atoms. The summed E-state index contributed by atoms with van der Waals surface area (Å²) in [5, 5.41) is 3.17. The van der Waals surface area contributed by atoms with E-state index in [0.717, 1.165) is 47.5 Å². The van der Waals surface area contributed by atoms with Crippen molar-refractivity contribution in [2.45, 2.75) is 45.7 Å². The molecule has 1 aliphatic rings. The van der Waals surface area contributed by atoms with E-state index >= 15 is 0 Å². The number of nitrogens with zero attached hydrogens (tertiary/aromatic N) is 2. The van der Waals surface area contributed by atoms with Gasteiger partial charge in [0.05, 0.1) is 18.8 Å². The number of fused-ring (bicyclic) bond motifs is 1. The van der Waals surface area contributed by atoms with Crippen LogP contribution in [0.25, 0.3) is 11.3 Å². The summed E-state index contributed by atoms with van der Waals surface area (Å²) in [4.78, 5) is 17.6. The van der Waals surface area contributed by atoms with Gasteiger partial charge in [0.25, 0.3) is 5.91 Å². The molecule has 0 bridgehead atoms. The van der Waals surface area contributed by atoms with E-state index in [1.165, 1.54) is 12.2 Å². The van der Waals surface area contributed by atoms with Crippen LogP contribution in [0.4, 0.5) is 0 Å². The Morgan fingerprint density at radius 1 is 1.28 bits per heavy atom. The third kappa shape index (κ3) is 3.90. The van der Waals surface area contributed by atoms with Crippen LogP contribution in [0.2, 0.25) is 0 Å². The molecule has 2 aromatic carbocycles. The molecule has 5 nitrogen and oxygen atoms in total. The fourth-order valence-corrected chi connectivity index (χ4v) is 3.93. The molecule has 1 unspecified atom stereocenters. The van der Waals surface area contributed by atoms with Crippen molar-refractivity contribution >= 4 is 5.91 Å². The molecule has 5 heteroatoms. The lowest BCUT2D eigenvalue weighted by molar-refractivity contribution is 0.0935. The zero-order chi connectivity index (χ0) is 20.4. The molecule has 0 fully saturated rings. The van der Waals surface area contributed by atoms with Crippen molar-refractivity contribution in [2.24, 2.45) is 0 Å². The Hall–Kier alpha value is -3.08. The van der Waals surface area contributed by atoms with E-state index in [1.54, 1.807) is 13.2 Å². The number of methoxy groups -OCH3 is 1. The molecular weight excluding hydrogens is 362 g/mol. The molecule has 0 aliphatic carbocycles. The number of carbonyl (C=O) groups is 1. The lowest BCUT2D eigenvalue weighted by Gasteiger charge is -2.18. The lowest BCUT2D eigenvalue weighted by Crippen LogP contribution is -2.28. The van der Waals surface area contributed by atoms with Gasteiger partial charge in [0.15, 0.2) is 0 Å². The molecule has 0 spiro atoms. The van der Waals surface area contributed by atoms with E-state index in [0.29, 0.717) is 5.56 Å². The fraction of sp³-hybridized carbons (Fsp3) is 0.333. The summed E-state index contributed by atoms with van der Waals surface area (Å²) in [6.07, 6.45) is 5.17. The quantitative estimate of drug-likeness (QED) is 0.665. The largest absolute Gasteiger partial charge is 0.496 e. The molecule has 0 saturated heterocycles. The van der Waals surface area contributed by atoms with Gasteiger partial charge in [0.1, 0.15) is 11.6 Å². The second-order valence-corrected chi connectivity index (χ2v) is 7.58. The zero-order valence-corrected chi connectivity index (χ0v) is 17.2. The van der Waals surface area contributed by atoms with Crippen LogP contribution >= 0.6 is 0 Å². The van der Waals surface area contributed by atoms with Crippen molar-refractivity contribution in [3.05, 3.63) is 71.2 Å². The Bertz CT molecular complexity index is 1020. The predicted molar refractivity (Wildman–Crippen MR) is 114 cm³/mol. The van der Waals surface area contributed by atoms with E-state index in [2.05, 4.69) is 41.2 Å². The maximum absolute atomic E-state index is 12.8. The minimum atomic E-state index is -0.0958. The SMILES string of the molecule is CCC(NC(=O)c1ccc(C)c(OC)c1)c1cccc(-c2cn3c(n2)CCC3)c1. The number of hydrogen-bond acceptors (Lipinski definition) is 3. The topological polar surface area (TPSA) is 56.1 Å². The highest BCUT2D eigenvalue weighted by molar-refractivity contribution is 5.95. The number of nitrogens with one attached hydrogen (secondary N) is 1. The normalized spacial score (nSPS) is 13.8. The summed E-state index contributed by atoms with van der Waals surface area (Å²) in [5.74, 6) is 1.79. The van der Waals surface area contributed by atoms with Crippen molar-refractivity contribution in [3.63, 3.8) is 0 Å². The van der Waals surface area contributed by atoms with Gasteiger partial charge in [0.2, 0.25) is 0 Å². The minimum absolute atomic E-state index is 0.0655. The van der Waals surface area contributed by atoms with Crippen LogP contribution in [0.15, 0.2) is 48.7 Å². The lowest BCUT2D eigenvalue weighted by atomic mass is 10.00. The molecule has 1 atom stereocenters. The zero-order valence-electron chi connectivity index (χ0n) is 17.2. The number of hydrogen-bond donors (Lipinski definition) is 1. The first kappa shape index (κ1) is 19.2. The standard InChI is InChI=1S/C24H27N3O2/c1-4-20(26-24(28)19-11-10-16(2)22(14-19)29-3)17-7-5-8-18(13-17)21-15-27-12-6-9-23(27)25-21/h5,7-8,10-11,13-15,20H,4,6,9,12H2,1-3H3,(H,26,28). The summed E-state index contributed by atoms with van der Waals surface area (Å²) < 4.78 is 7.60. The number of carbonyl (C=O) groups excluding carboxylic acids is 1. The predicted octanol–water partition coefficient (Wildman–Crippen LogP) is 4.69. The van der Waals surface area contributed by atoms with Crippen LogP contribution in [-0.4, -0.2) is 22.6 Å². The van der Waals surface area contributed by atoms with E-state index in [1.807, 2.05) is 25.1 Å². The summed E-state index contributed by atoms with van der Waals surface area (Å²) in [6, 6.07) is 13.8. The van der Waals surface area contributed by atoms with Gasteiger partial charge in [-0.05, 0) is 49.1 Å². The van der Waals surface area contributed by atoms with Gasteiger partial charge in [-0.2, -0.15) is 0 Å². The minimum Gasteiger partial charge on any atom is -0.496 e. The molecule has 1 aliphatic heterocycles. The first-order valence-electron chi connectivity index (χ1n) is 10.2. The van der Waals surface area contributed by atoms with Crippen LogP contribution in [-0.2, 0) is 13.0 Å². The van der Waals surface area contributed by atoms with Gasteiger partial charge in [-0.3, -0.25) is 4.79 Å². The van der Waals surface area contributed by atoms with Crippen molar-refractivity contribution < 1.29 is 9.53 Å². The first-order valence-corrected chi connectivity index (χ1v) is 10.2. The van der Waals surface area contributed by atoms with Gasteiger partial charge >= 0.3 is 0 Å². The maximum Gasteiger partial charge on any atom is 0.251 e. The number of amides is 1. The Kier molecular flexibility index (Phi) is 5.38. The van der Waals surface area contributed by atoms with Crippen LogP contribution < -0.4 is 10.1 Å². The van der Waals surface area contributed by atoms with Gasteiger partial charge < -0.3 is 14.6 Å². The monoisotopic (exact) mass is 389 g/mol. The highest BCUT2D eigenvalue weighted by Gasteiger charge is 2.18. The smallest absolute Gasteiger partial charge is 0.251 e. The van der Waals surface area contributed by atoms with E-state index in [9.17, 15) is 4.79 Å². The number of aryl methyl sites for hydroxylation is 3. The third-order valence-electron chi connectivity index (χ3n) is 5.63. The van der Waals surface area contributed by atoms with Gasteiger partial charge in [-0.15, -0.1) is 0 Å². The molecule has 150 valence electrons. The van der Waals surface area contributed by atoms with E-state index in [4.69, 9.17) is 9.72 Å². The summed E-state index contributed by atoms with van der Waals surface area (Å²) in [6.45, 7) is 5.10. The first-order chi connectivity index (χ1) is 14.1. The second-order valence-electron chi connectivity index (χ2n) is 7.58. The Balaban J connectivity index is 1.55. The average Bonchev–Trinajstić information content (AvgIpc) is 3.34. The number of ether oxygens (including phenoxy) is 1. The van der Waals surface area contributed by atoms with Crippen molar-refractivity contribution in [1.82, 2.24) is 14.9 Å². The Morgan fingerprint density at radius 2 is 2.14 bits per heavy atom. The van der Waals surface area contributed by atoms with Gasteiger partial charge in [-0.25, -0.2) is 4.98 Å². The molecule has 2 heterocycles. The van der Waals surface area contributed by atoms with E-state index < -0.39 is 0 Å². The number of benzene rings is 2. The Morgan fingerprint density at radius 3 is 2.90 bits per heavy atom. The molecule has 0 saturated carbocycles. The van der Waals surface area contributed by atoms with Gasteiger partial charge in [0, 0.05) is 30.3 Å². The number of aromatic nitrogens is 2. The molecular formula is C24H27N3O2. The average molecular weight is 389 g/mol. The summed E-state index contributed by atoms with van der Waals surface area (Å²) in [7, 11) is 1.62. The summed E-state index contributed by atoms with van der Waals surface area (Å²) >= 11 is 0. The molecule has 1 N–H and O–H groups in total. The third-order valence-corrected chi connectivity index (χ3v) is 5.63.